The number of aliphatic hydroxyl groups excluding tert-OH is 1. The summed E-state index contributed by atoms with van der Waals surface area (Å²) in [5.74, 6) is 1.38. The molecule has 0 fully saturated rings. The summed E-state index contributed by atoms with van der Waals surface area (Å²) in [6.07, 6.45) is -0.667. The number of hydrogen-bond acceptors (Lipinski definition) is 3. The Bertz CT molecular complexity index is 593. The zero-order chi connectivity index (χ0) is 15.2. The predicted molar refractivity (Wildman–Crippen MR) is 84.0 cm³/mol. The first-order valence-corrected chi connectivity index (χ1v) is 7.29. The molecule has 0 saturated heterocycles. The van der Waals surface area contributed by atoms with E-state index in [0.29, 0.717) is 24.7 Å². The lowest BCUT2D eigenvalue weighted by Crippen LogP contribution is -2.03. The Balaban J connectivity index is 2.32. The van der Waals surface area contributed by atoms with Gasteiger partial charge in [0.15, 0.2) is 11.5 Å². The molecule has 2 rings (SSSR count). The first-order valence-electron chi connectivity index (χ1n) is 7.29. The Hall–Kier alpha value is -2.00. The van der Waals surface area contributed by atoms with Crippen LogP contribution in [0.25, 0.3) is 0 Å². The molecule has 0 aliphatic rings. The normalized spacial score (nSPS) is 12.0. The van der Waals surface area contributed by atoms with Crippen molar-refractivity contribution >= 4 is 0 Å². The van der Waals surface area contributed by atoms with Crippen molar-refractivity contribution in [2.24, 2.45) is 0 Å². The van der Waals surface area contributed by atoms with Crippen LogP contribution >= 0.6 is 0 Å². The standard InChI is InChI=1S/C18H22O3/c1-4-20-16-10-9-15(12-17(16)21-5-2)18(19)14-8-6-7-13(3)11-14/h6-12,18-19H,4-5H2,1-3H3. The zero-order valence-electron chi connectivity index (χ0n) is 12.8. The molecule has 0 radical (unpaired) electrons. The van der Waals surface area contributed by atoms with Crippen LogP contribution in [-0.4, -0.2) is 18.3 Å². The lowest BCUT2D eigenvalue weighted by molar-refractivity contribution is 0.218. The Kier molecular flexibility index (Phi) is 5.23. The van der Waals surface area contributed by atoms with Crippen LogP contribution in [0.15, 0.2) is 42.5 Å². The summed E-state index contributed by atoms with van der Waals surface area (Å²) in [7, 11) is 0. The van der Waals surface area contributed by atoms with Gasteiger partial charge in [0.25, 0.3) is 0 Å². The third kappa shape index (κ3) is 3.76. The molecule has 3 nitrogen and oxygen atoms in total. The van der Waals surface area contributed by atoms with Crippen molar-refractivity contribution in [3.8, 4) is 11.5 Å². The molecule has 2 aromatic carbocycles. The first-order chi connectivity index (χ1) is 10.2. The van der Waals surface area contributed by atoms with Crippen LogP contribution in [0, 0.1) is 6.92 Å². The fraction of sp³-hybridized carbons (Fsp3) is 0.333. The number of rotatable bonds is 6. The minimum atomic E-state index is -0.667. The molecule has 0 aliphatic carbocycles. The molecule has 21 heavy (non-hydrogen) atoms. The largest absolute Gasteiger partial charge is 0.490 e. The molecule has 0 spiro atoms. The minimum absolute atomic E-state index is 0.560. The van der Waals surface area contributed by atoms with Crippen molar-refractivity contribution in [3.63, 3.8) is 0 Å². The van der Waals surface area contributed by atoms with E-state index >= 15 is 0 Å². The molecule has 1 unspecified atom stereocenters. The van der Waals surface area contributed by atoms with Gasteiger partial charge >= 0.3 is 0 Å². The second-order valence-corrected chi connectivity index (χ2v) is 4.89. The van der Waals surface area contributed by atoms with E-state index in [4.69, 9.17) is 9.47 Å². The average Bonchev–Trinajstić information content (AvgIpc) is 2.49. The minimum Gasteiger partial charge on any atom is -0.490 e. The lowest BCUT2D eigenvalue weighted by Gasteiger charge is -2.16. The van der Waals surface area contributed by atoms with Crippen molar-refractivity contribution in [2.45, 2.75) is 26.9 Å². The van der Waals surface area contributed by atoms with Crippen molar-refractivity contribution in [3.05, 3.63) is 59.2 Å². The maximum atomic E-state index is 10.5. The monoisotopic (exact) mass is 286 g/mol. The summed E-state index contributed by atoms with van der Waals surface area (Å²) in [6.45, 7) is 7.02. The topological polar surface area (TPSA) is 38.7 Å². The second kappa shape index (κ2) is 7.14. The molecule has 2 aromatic rings. The molecule has 0 amide bonds. The Morgan fingerprint density at radius 1 is 0.905 bits per heavy atom. The molecule has 0 heterocycles. The molecule has 0 bridgehead atoms. The van der Waals surface area contributed by atoms with Gasteiger partial charge in [-0.1, -0.05) is 35.9 Å². The van der Waals surface area contributed by atoms with Crippen LogP contribution in [0.5, 0.6) is 11.5 Å². The van der Waals surface area contributed by atoms with Crippen molar-refractivity contribution in [2.75, 3.05) is 13.2 Å². The van der Waals surface area contributed by atoms with Crippen molar-refractivity contribution in [1.29, 1.82) is 0 Å². The lowest BCUT2D eigenvalue weighted by atomic mass is 9.99. The van der Waals surface area contributed by atoms with Gasteiger partial charge in [-0.05, 0) is 44.0 Å². The van der Waals surface area contributed by atoms with Gasteiger partial charge in [-0.2, -0.15) is 0 Å². The molecule has 112 valence electrons. The van der Waals surface area contributed by atoms with Crippen LogP contribution in [-0.2, 0) is 0 Å². The summed E-state index contributed by atoms with van der Waals surface area (Å²) < 4.78 is 11.1. The van der Waals surface area contributed by atoms with E-state index in [-0.39, 0.29) is 0 Å². The van der Waals surface area contributed by atoms with Crippen molar-refractivity contribution < 1.29 is 14.6 Å². The first kappa shape index (κ1) is 15.4. The summed E-state index contributed by atoms with van der Waals surface area (Å²) in [5.41, 5.74) is 2.80. The molecular formula is C18H22O3. The predicted octanol–water partition coefficient (Wildman–Crippen LogP) is 3.87. The fourth-order valence-corrected chi connectivity index (χ4v) is 2.27. The van der Waals surface area contributed by atoms with Crippen molar-refractivity contribution in [1.82, 2.24) is 0 Å². The van der Waals surface area contributed by atoms with Gasteiger partial charge < -0.3 is 14.6 Å². The fourth-order valence-electron chi connectivity index (χ4n) is 2.27. The van der Waals surface area contributed by atoms with Gasteiger partial charge in [0.1, 0.15) is 6.10 Å². The number of aryl methyl sites for hydroxylation is 1. The van der Waals surface area contributed by atoms with E-state index in [1.165, 1.54) is 0 Å². The van der Waals surface area contributed by atoms with Crippen LogP contribution in [0.1, 0.15) is 36.6 Å². The van der Waals surface area contributed by atoms with Gasteiger partial charge in [0, 0.05) is 0 Å². The van der Waals surface area contributed by atoms with E-state index < -0.39 is 6.10 Å². The summed E-state index contributed by atoms with van der Waals surface area (Å²) in [6, 6.07) is 13.5. The van der Waals surface area contributed by atoms with Gasteiger partial charge in [0.2, 0.25) is 0 Å². The smallest absolute Gasteiger partial charge is 0.161 e. The van der Waals surface area contributed by atoms with E-state index in [1.54, 1.807) is 0 Å². The number of hydrogen-bond donors (Lipinski definition) is 1. The van der Waals surface area contributed by atoms with E-state index in [2.05, 4.69) is 0 Å². The highest BCUT2D eigenvalue weighted by molar-refractivity contribution is 5.45. The SMILES string of the molecule is CCOc1ccc(C(O)c2cccc(C)c2)cc1OCC. The second-order valence-electron chi connectivity index (χ2n) is 4.89. The van der Waals surface area contributed by atoms with Gasteiger partial charge in [-0.15, -0.1) is 0 Å². The Labute approximate surface area is 126 Å². The maximum Gasteiger partial charge on any atom is 0.161 e. The third-order valence-corrected chi connectivity index (χ3v) is 3.24. The zero-order valence-corrected chi connectivity index (χ0v) is 12.8. The number of benzene rings is 2. The molecule has 3 heteroatoms. The molecular weight excluding hydrogens is 264 g/mol. The average molecular weight is 286 g/mol. The molecule has 0 saturated carbocycles. The van der Waals surface area contributed by atoms with Crippen LogP contribution < -0.4 is 9.47 Å². The Morgan fingerprint density at radius 3 is 2.24 bits per heavy atom. The molecule has 1 atom stereocenters. The molecule has 0 aromatic heterocycles. The highest BCUT2D eigenvalue weighted by atomic mass is 16.5. The molecule has 1 N–H and O–H groups in total. The van der Waals surface area contributed by atoms with Gasteiger partial charge in [0.05, 0.1) is 13.2 Å². The highest BCUT2D eigenvalue weighted by Crippen LogP contribution is 2.32. The Morgan fingerprint density at radius 2 is 1.57 bits per heavy atom. The number of ether oxygens (including phenoxy) is 2. The third-order valence-electron chi connectivity index (χ3n) is 3.24. The van der Waals surface area contributed by atoms with E-state index in [9.17, 15) is 5.11 Å². The van der Waals surface area contributed by atoms with Gasteiger partial charge in [-0.25, -0.2) is 0 Å². The van der Waals surface area contributed by atoms with Crippen LogP contribution in [0.3, 0.4) is 0 Å². The quantitative estimate of drug-likeness (QED) is 0.876. The van der Waals surface area contributed by atoms with E-state index in [1.807, 2.05) is 63.2 Å². The van der Waals surface area contributed by atoms with Crippen LogP contribution in [0.4, 0.5) is 0 Å². The molecule has 0 aliphatic heterocycles. The summed E-state index contributed by atoms with van der Waals surface area (Å²) >= 11 is 0. The van der Waals surface area contributed by atoms with Gasteiger partial charge in [-0.3, -0.25) is 0 Å². The highest BCUT2D eigenvalue weighted by Gasteiger charge is 2.14. The summed E-state index contributed by atoms with van der Waals surface area (Å²) in [5, 5.41) is 10.5. The summed E-state index contributed by atoms with van der Waals surface area (Å²) in [4.78, 5) is 0. The van der Waals surface area contributed by atoms with E-state index in [0.717, 1.165) is 16.7 Å². The van der Waals surface area contributed by atoms with Crippen LogP contribution in [0.2, 0.25) is 0 Å². The maximum absolute atomic E-state index is 10.5. The number of aliphatic hydroxyl groups is 1.